The first-order valence-electron chi connectivity index (χ1n) is 14.3. The standard InChI is InChI=1S/C32H31ClFN3O5/c1-39-31(38)20-5-8-26-27(15-20)37(17-22-11-14-40-22)29(35-26)18-36-12-9-19(10-13-36)23-3-2-4-28-30(23)42-32(41-28)24-7-6-21(33)16-25(24)34/h2-8,15-16,19,22,32H,9-14,17-18H2,1H3/t22-,32-/m0/s1. The third-order valence-corrected chi connectivity index (χ3v) is 8.74. The van der Waals surface area contributed by atoms with E-state index in [2.05, 4.69) is 15.5 Å². The minimum absolute atomic E-state index is 0.154. The zero-order valence-corrected chi connectivity index (χ0v) is 24.0. The molecule has 0 N–H and O–H groups in total. The van der Waals surface area contributed by atoms with Crippen LogP contribution in [0.4, 0.5) is 4.39 Å². The smallest absolute Gasteiger partial charge is 0.337 e. The molecule has 4 aromatic rings. The number of likely N-dealkylation sites (tertiary alicyclic amines) is 1. The number of para-hydroxylation sites is 1. The molecule has 0 bridgehead atoms. The van der Waals surface area contributed by atoms with Crippen LogP contribution in [0.25, 0.3) is 11.0 Å². The van der Waals surface area contributed by atoms with E-state index in [4.69, 9.17) is 35.5 Å². The Morgan fingerprint density at radius 2 is 1.90 bits per heavy atom. The van der Waals surface area contributed by atoms with Crippen molar-refractivity contribution in [1.29, 1.82) is 0 Å². The molecule has 218 valence electrons. The fraction of sp³-hybridized carbons (Fsp3) is 0.375. The van der Waals surface area contributed by atoms with Gasteiger partial charge in [-0.15, -0.1) is 0 Å². The molecule has 2 saturated heterocycles. The molecule has 3 aromatic carbocycles. The van der Waals surface area contributed by atoms with Gasteiger partial charge in [0.2, 0.25) is 0 Å². The molecule has 0 radical (unpaired) electrons. The summed E-state index contributed by atoms with van der Waals surface area (Å²) in [5.41, 5.74) is 3.70. The number of methoxy groups -OCH3 is 1. The van der Waals surface area contributed by atoms with E-state index in [0.717, 1.165) is 61.4 Å². The molecule has 3 aliphatic rings. The lowest BCUT2D eigenvalue weighted by atomic mass is 9.88. The van der Waals surface area contributed by atoms with Crippen molar-refractivity contribution in [2.45, 2.75) is 50.7 Å². The normalized spacial score (nSPS) is 20.5. The fourth-order valence-corrected chi connectivity index (χ4v) is 6.27. The van der Waals surface area contributed by atoms with E-state index in [1.54, 1.807) is 18.2 Å². The molecular formula is C32H31ClFN3O5. The first kappa shape index (κ1) is 27.2. The summed E-state index contributed by atoms with van der Waals surface area (Å²) in [5, 5.41) is 0.331. The Kier molecular flexibility index (Phi) is 7.25. The van der Waals surface area contributed by atoms with E-state index >= 15 is 0 Å². The molecule has 2 fully saturated rings. The summed E-state index contributed by atoms with van der Waals surface area (Å²) in [7, 11) is 1.39. The highest BCUT2D eigenvalue weighted by atomic mass is 35.5. The lowest BCUT2D eigenvalue weighted by Gasteiger charge is -2.33. The first-order valence-corrected chi connectivity index (χ1v) is 14.7. The second-order valence-corrected chi connectivity index (χ2v) is 11.5. The summed E-state index contributed by atoms with van der Waals surface area (Å²) in [6.45, 7) is 3.96. The zero-order chi connectivity index (χ0) is 28.8. The Balaban J connectivity index is 1.06. The van der Waals surface area contributed by atoms with Gasteiger partial charge in [-0.25, -0.2) is 14.2 Å². The molecule has 0 unspecified atom stereocenters. The lowest BCUT2D eigenvalue weighted by Crippen LogP contribution is -2.35. The minimum atomic E-state index is -0.842. The van der Waals surface area contributed by atoms with Crippen LogP contribution in [0.5, 0.6) is 11.5 Å². The number of carbonyl (C=O) groups excluding carboxylic acids is 1. The molecule has 42 heavy (non-hydrogen) atoms. The number of piperidine rings is 1. The summed E-state index contributed by atoms with van der Waals surface area (Å²) in [6.07, 6.45) is 2.21. The SMILES string of the molecule is COC(=O)c1ccc2nc(CN3CCC(c4cccc5c4O[C@@H](c4ccc(Cl)cc4F)O5)CC3)n(C[C@@H]3CCO3)c2c1. The molecule has 0 aliphatic carbocycles. The number of halogens is 2. The van der Waals surface area contributed by atoms with Gasteiger partial charge in [-0.3, -0.25) is 4.90 Å². The Morgan fingerprint density at radius 1 is 1.07 bits per heavy atom. The predicted molar refractivity (Wildman–Crippen MR) is 155 cm³/mol. The maximum absolute atomic E-state index is 14.6. The van der Waals surface area contributed by atoms with Crippen LogP contribution in [0, 0.1) is 5.82 Å². The molecular weight excluding hydrogens is 561 g/mol. The van der Waals surface area contributed by atoms with Gasteiger partial charge in [0.25, 0.3) is 6.29 Å². The summed E-state index contributed by atoms with van der Waals surface area (Å²) < 4.78 is 39.6. The second kappa shape index (κ2) is 11.2. The van der Waals surface area contributed by atoms with Gasteiger partial charge in [0.1, 0.15) is 11.6 Å². The van der Waals surface area contributed by atoms with E-state index in [9.17, 15) is 9.18 Å². The van der Waals surface area contributed by atoms with Gasteiger partial charge in [-0.05, 0) is 80.7 Å². The number of benzene rings is 3. The summed E-state index contributed by atoms with van der Waals surface area (Å²) in [6, 6.07) is 15.9. The minimum Gasteiger partial charge on any atom is -0.465 e. The number of carbonyl (C=O) groups is 1. The average Bonchev–Trinajstić information content (AvgIpc) is 3.55. The van der Waals surface area contributed by atoms with Crippen molar-refractivity contribution in [3.63, 3.8) is 0 Å². The van der Waals surface area contributed by atoms with Crippen LogP contribution in [0.2, 0.25) is 5.02 Å². The second-order valence-electron chi connectivity index (χ2n) is 11.1. The highest BCUT2D eigenvalue weighted by molar-refractivity contribution is 6.30. The van der Waals surface area contributed by atoms with Crippen molar-refractivity contribution in [2.75, 3.05) is 26.8 Å². The van der Waals surface area contributed by atoms with Crippen LogP contribution < -0.4 is 9.47 Å². The highest BCUT2D eigenvalue weighted by Crippen LogP contribution is 2.47. The van der Waals surface area contributed by atoms with Crippen molar-refractivity contribution in [1.82, 2.24) is 14.5 Å². The Bertz CT molecular complexity index is 1650. The molecule has 8 nitrogen and oxygen atoms in total. The van der Waals surface area contributed by atoms with Crippen molar-refractivity contribution in [3.05, 3.63) is 88.0 Å². The van der Waals surface area contributed by atoms with Crippen LogP contribution in [0.15, 0.2) is 54.6 Å². The zero-order valence-electron chi connectivity index (χ0n) is 23.2. The number of nitrogens with zero attached hydrogens (tertiary/aromatic N) is 3. The van der Waals surface area contributed by atoms with Gasteiger partial charge in [0.05, 0.1) is 48.5 Å². The van der Waals surface area contributed by atoms with Crippen molar-refractivity contribution in [3.8, 4) is 11.5 Å². The van der Waals surface area contributed by atoms with Gasteiger partial charge in [0.15, 0.2) is 11.5 Å². The van der Waals surface area contributed by atoms with Crippen LogP contribution in [-0.4, -0.2) is 53.3 Å². The number of ether oxygens (including phenoxy) is 4. The van der Waals surface area contributed by atoms with Crippen LogP contribution >= 0.6 is 11.6 Å². The predicted octanol–water partition coefficient (Wildman–Crippen LogP) is 6.25. The van der Waals surface area contributed by atoms with E-state index in [0.29, 0.717) is 46.7 Å². The lowest BCUT2D eigenvalue weighted by molar-refractivity contribution is -0.0592. The number of imidazole rings is 1. The molecule has 4 heterocycles. The van der Waals surface area contributed by atoms with Gasteiger partial charge in [-0.1, -0.05) is 23.7 Å². The monoisotopic (exact) mass is 591 g/mol. The Morgan fingerprint density at radius 3 is 2.64 bits per heavy atom. The number of hydrogen-bond donors (Lipinski definition) is 0. The van der Waals surface area contributed by atoms with E-state index in [1.165, 1.54) is 13.2 Å². The number of aromatic nitrogens is 2. The molecule has 0 saturated carbocycles. The van der Waals surface area contributed by atoms with Gasteiger partial charge >= 0.3 is 5.97 Å². The van der Waals surface area contributed by atoms with E-state index in [1.807, 2.05) is 24.3 Å². The molecule has 0 amide bonds. The molecule has 1 aromatic heterocycles. The van der Waals surface area contributed by atoms with Crippen molar-refractivity contribution >= 4 is 28.6 Å². The number of fused-ring (bicyclic) bond motifs is 2. The third-order valence-electron chi connectivity index (χ3n) is 8.51. The summed E-state index contributed by atoms with van der Waals surface area (Å²) >= 11 is 5.93. The molecule has 3 aliphatic heterocycles. The maximum Gasteiger partial charge on any atom is 0.337 e. The average molecular weight is 592 g/mol. The number of rotatable bonds is 7. The first-order chi connectivity index (χ1) is 20.5. The van der Waals surface area contributed by atoms with Gasteiger partial charge in [-0.2, -0.15) is 0 Å². The van der Waals surface area contributed by atoms with Crippen LogP contribution in [0.3, 0.4) is 0 Å². The van der Waals surface area contributed by atoms with Crippen molar-refractivity contribution < 1.29 is 28.1 Å². The van der Waals surface area contributed by atoms with Crippen molar-refractivity contribution in [2.24, 2.45) is 0 Å². The van der Waals surface area contributed by atoms with Crippen LogP contribution in [0.1, 0.15) is 58.8 Å². The summed E-state index contributed by atoms with van der Waals surface area (Å²) in [4.78, 5) is 19.6. The maximum atomic E-state index is 14.6. The fourth-order valence-electron chi connectivity index (χ4n) is 6.12. The van der Waals surface area contributed by atoms with E-state index in [-0.39, 0.29) is 12.1 Å². The Hall–Kier alpha value is -3.66. The van der Waals surface area contributed by atoms with E-state index < -0.39 is 12.1 Å². The molecule has 7 rings (SSSR count). The highest BCUT2D eigenvalue weighted by Gasteiger charge is 2.33. The largest absolute Gasteiger partial charge is 0.465 e. The van der Waals surface area contributed by atoms with Crippen LogP contribution in [-0.2, 0) is 22.6 Å². The Labute approximate surface area is 247 Å². The third kappa shape index (κ3) is 5.10. The molecule has 10 heteroatoms. The molecule has 0 spiro atoms. The molecule has 2 atom stereocenters. The number of esters is 1. The number of hydrogen-bond acceptors (Lipinski definition) is 7. The topological polar surface area (TPSA) is 75.0 Å². The van der Waals surface area contributed by atoms with Gasteiger partial charge < -0.3 is 23.5 Å². The quantitative estimate of drug-likeness (QED) is 0.235. The summed E-state index contributed by atoms with van der Waals surface area (Å²) in [5.74, 6) is 1.77. The van der Waals surface area contributed by atoms with Gasteiger partial charge in [0, 0.05) is 17.2 Å².